The number of carbonyl (C=O) groups is 1. The molecule has 0 aromatic heterocycles. The maximum atomic E-state index is 11.5. The third-order valence-electron chi connectivity index (χ3n) is 5.53. The van der Waals surface area contributed by atoms with Crippen molar-refractivity contribution in [3.05, 3.63) is 29.8 Å². The number of piperazine rings is 1. The smallest absolute Gasteiger partial charge is 0.219 e. The summed E-state index contributed by atoms with van der Waals surface area (Å²) in [5.74, 6) is 0.956. The molecule has 0 aliphatic carbocycles. The van der Waals surface area contributed by atoms with Gasteiger partial charge in [-0.1, -0.05) is 18.2 Å². The first-order valence-corrected chi connectivity index (χ1v) is 9.61. The fourth-order valence-corrected chi connectivity index (χ4v) is 4.08. The van der Waals surface area contributed by atoms with Crippen LogP contribution in [0.5, 0.6) is 0 Å². The quantitative estimate of drug-likeness (QED) is 0.884. The molecule has 1 aromatic carbocycles. The SMILES string of the molecule is CC(=O)N1CCN(c2ccccc2CNC[C@@H]2CCCN(C)C2)CC1. The number of amides is 1. The predicted molar refractivity (Wildman–Crippen MR) is 103 cm³/mol. The van der Waals surface area contributed by atoms with Crippen molar-refractivity contribution in [1.29, 1.82) is 0 Å². The highest BCUT2D eigenvalue weighted by Crippen LogP contribution is 2.22. The van der Waals surface area contributed by atoms with Gasteiger partial charge in [-0.15, -0.1) is 0 Å². The zero-order valence-corrected chi connectivity index (χ0v) is 15.7. The second-order valence-electron chi connectivity index (χ2n) is 7.52. The summed E-state index contributed by atoms with van der Waals surface area (Å²) in [4.78, 5) is 18.3. The molecule has 2 saturated heterocycles. The van der Waals surface area contributed by atoms with Gasteiger partial charge in [0.25, 0.3) is 0 Å². The predicted octanol–water partition coefficient (Wildman–Crippen LogP) is 1.79. The molecule has 1 atom stereocenters. The minimum absolute atomic E-state index is 0.187. The number of nitrogens with zero attached hydrogens (tertiary/aromatic N) is 3. The van der Waals surface area contributed by atoms with E-state index in [9.17, 15) is 4.79 Å². The first kappa shape index (κ1) is 18.2. The van der Waals surface area contributed by atoms with Crippen molar-refractivity contribution in [2.24, 2.45) is 5.92 Å². The molecule has 2 fully saturated rings. The van der Waals surface area contributed by atoms with E-state index in [1.165, 1.54) is 37.2 Å². The molecule has 5 nitrogen and oxygen atoms in total. The minimum atomic E-state index is 0.187. The second-order valence-corrected chi connectivity index (χ2v) is 7.52. The molecule has 0 bridgehead atoms. The summed E-state index contributed by atoms with van der Waals surface area (Å²) < 4.78 is 0. The van der Waals surface area contributed by atoms with Crippen LogP contribution >= 0.6 is 0 Å². The van der Waals surface area contributed by atoms with Crippen molar-refractivity contribution in [3.63, 3.8) is 0 Å². The fraction of sp³-hybridized carbons (Fsp3) is 0.650. The molecule has 138 valence electrons. The van der Waals surface area contributed by atoms with Crippen molar-refractivity contribution < 1.29 is 4.79 Å². The summed E-state index contributed by atoms with van der Waals surface area (Å²) in [6.45, 7) is 9.62. The van der Waals surface area contributed by atoms with Gasteiger partial charge in [0.15, 0.2) is 0 Å². The molecular formula is C20H32N4O. The lowest BCUT2D eigenvalue weighted by atomic mass is 9.98. The highest BCUT2D eigenvalue weighted by molar-refractivity contribution is 5.73. The molecule has 25 heavy (non-hydrogen) atoms. The van der Waals surface area contributed by atoms with Crippen molar-refractivity contribution >= 4 is 11.6 Å². The third-order valence-corrected chi connectivity index (χ3v) is 5.53. The zero-order valence-electron chi connectivity index (χ0n) is 15.7. The van der Waals surface area contributed by atoms with Crippen LogP contribution < -0.4 is 10.2 Å². The van der Waals surface area contributed by atoms with Gasteiger partial charge in [0.2, 0.25) is 5.91 Å². The van der Waals surface area contributed by atoms with Gasteiger partial charge in [-0.3, -0.25) is 4.79 Å². The van der Waals surface area contributed by atoms with Gasteiger partial charge < -0.3 is 20.0 Å². The van der Waals surface area contributed by atoms with E-state index in [0.717, 1.165) is 45.2 Å². The Morgan fingerprint density at radius 3 is 2.64 bits per heavy atom. The normalized spacial score (nSPS) is 22.2. The van der Waals surface area contributed by atoms with Gasteiger partial charge in [-0.2, -0.15) is 0 Å². The van der Waals surface area contributed by atoms with Crippen molar-refractivity contribution in [1.82, 2.24) is 15.1 Å². The Kier molecular flexibility index (Phi) is 6.32. The Hall–Kier alpha value is -1.59. The van der Waals surface area contributed by atoms with Crippen molar-refractivity contribution in [3.8, 4) is 0 Å². The highest BCUT2D eigenvalue weighted by atomic mass is 16.2. The van der Waals surface area contributed by atoms with E-state index in [4.69, 9.17) is 0 Å². The van der Waals surface area contributed by atoms with Crippen molar-refractivity contribution in [2.75, 3.05) is 57.8 Å². The third kappa shape index (κ3) is 4.95. The molecule has 0 radical (unpaired) electrons. The van der Waals surface area contributed by atoms with Crippen LogP contribution in [0.25, 0.3) is 0 Å². The average molecular weight is 345 g/mol. The Balaban J connectivity index is 1.53. The molecule has 5 heteroatoms. The van der Waals surface area contributed by atoms with E-state index < -0.39 is 0 Å². The van der Waals surface area contributed by atoms with Crippen LogP contribution in [-0.4, -0.2) is 68.6 Å². The number of piperidine rings is 1. The van der Waals surface area contributed by atoms with E-state index in [1.807, 2.05) is 4.90 Å². The van der Waals surface area contributed by atoms with E-state index in [1.54, 1.807) is 6.92 Å². The van der Waals surface area contributed by atoms with Crippen LogP contribution in [0.1, 0.15) is 25.3 Å². The summed E-state index contributed by atoms with van der Waals surface area (Å²) in [6, 6.07) is 8.69. The second kappa shape index (κ2) is 8.68. The summed E-state index contributed by atoms with van der Waals surface area (Å²) in [6.07, 6.45) is 2.66. The zero-order chi connectivity index (χ0) is 17.6. The summed E-state index contributed by atoms with van der Waals surface area (Å²) in [7, 11) is 2.22. The van der Waals surface area contributed by atoms with Crippen molar-refractivity contribution in [2.45, 2.75) is 26.3 Å². The van der Waals surface area contributed by atoms with Gasteiger partial charge in [-0.25, -0.2) is 0 Å². The Morgan fingerprint density at radius 2 is 1.92 bits per heavy atom. The largest absolute Gasteiger partial charge is 0.368 e. The number of likely N-dealkylation sites (tertiary alicyclic amines) is 1. The first-order valence-electron chi connectivity index (χ1n) is 9.61. The highest BCUT2D eigenvalue weighted by Gasteiger charge is 2.21. The van der Waals surface area contributed by atoms with Crippen LogP contribution in [0.3, 0.4) is 0 Å². The Labute approximate surface area is 152 Å². The van der Waals surface area contributed by atoms with Crippen LogP contribution in [-0.2, 0) is 11.3 Å². The van der Waals surface area contributed by atoms with Gasteiger partial charge >= 0.3 is 0 Å². The van der Waals surface area contributed by atoms with Gasteiger partial charge in [0, 0.05) is 51.9 Å². The maximum Gasteiger partial charge on any atom is 0.219 e. The molecule has 2 aliphatic heterocycles. The Bertz CT molecular complexity index is 569. The van der Waals surface area contributed by atoms with Gasteiger partial charge in [0.05, 0.1) is 0 Å². The standard InChI is InChI=1S/C20H32N4O/c1-17(25)23-10-12-24(13-11-23)20-8-4-3-7-19(20)15-21-14-18-6-5-9-22(2)16-18/h3-4,7-8,18,21H,5-6,9-16H2,1-2H3/t18-/m0/s1. The number of anilines is 1. The van der Waals surface area contributed by atoms with E-state index in [-0.39, 0.29) is 5.91 Å². The number of nitrogens with one attached hydrogen (secondary N) is 1. The first-order chi connectivity index (χ1) is 12.1. The average Bonchev–Trinajstić information content (AvgIpc) is 2.62. The molecule has 1 amide bonds. The topological polar surface area (TPSA) is 38.8 Å². The van der Waals surface area contributed by atoms with E-state index >= 15 is 0 Å². The molecule has 1 N–H and O–H groups in total. The van der Waals surface area contributed by atoms with Crippen LogP contribution in [0.15, 0.2) is 24.3 Å². The number of hydrogen-bond donors (Lipinski definition) is 1. The number of hydrogen-bond acceptors (Lipinski definition) is 4. The van der Waals surface area contributed by atoms with Crippen LogP contribution in [0.2, 0.25) is 0 Å². The minimum Gasteiger partial charge on any atom is -0.368 e. The molecular weight excluding hydrogens is 312 g/mol. The van der Waals surface area contributed by atoms with E-state index in [0.29, 0.717) is 0 Å². The molecule has 2 heterocycles. The lowest BCUT2D eigenvalue weighted by molar-refractivity contribution is -0.129. The summed E-state index contributed by atoms with van der Waals surface area (Å²) >= 11 is 0. The maximum absolute atomic E-state index is 11.5. The molecule has 1 aromatic rings. The lowest BCUT2D eigenvalue weighted by Crippen LogP contribution is -2.48. The molecule has 0 saturated carbocycles. The molecule has 2 aliphatic rings. The number of benzene rings is 1. The molecule has 3 rings (SSSR count). The number of carbonyl (C=O) groups excluding carboxylic acids is 1. The molecule has 0 unspecified atom stereocenters. The monoisotopic (exact) mass is 344 g/mol. The number of para-hydroxylation sites is 1. The fourth-order valence-electron chi connectivity index (χ4n) is 4.08. The van der Waals surface area contributed by atoms with Gasteiger partial charge in [-0.05, 0) is 50.5 Å². The molecule has 0 spiro atoms. The summed E-state index contributed by atoms with van der Waals surface area (Å²) in [5.41, 5.74) is 2.68. The summed E-state index contributed by atoms with van der Waals surface area (Å²) in [5, 5.41) is 3.68. The van der Waals surface area contributed by atoms with E-state index in [2.05, 4.69) is 46.4 Å². The van der Waals surface area contributed by atoms with Crippen LogP contribution in [0.4, 0.5) is 5.69 Å². The van der Waals surface area contributed by atoms with Crippen LogP contribution in [0, 0.1) is 5.92 Å². The number of rotatable bonds is 5. The van der Waals surface area contributed by atoms with Gasteiger partial charge in [0.1, 0.15) is 0 Å². The lowest BCUT2D eigenvalue weighted by Gasteiger charge is -2.36. The Morgan fingerprint density at radius 1 is 1.16 bits per heavy atom.